The highest BCUT2D eigenvalue weighted by molar-refractivity contribution is 5.03. The normalized spacial score (nSPS) is 31.8. The predicted octanol–water partition coefficient (Wildman–Crippen LogP) is -0.282. The highest BCUT2D eigenvalue weighted by atomic mass is 16.3. The van der Waals surface area contributed by atoms with Crippen LogP contribution in [-0.4, -0.2) is 38.8 Å². The van der Waals surface area contributed by atoms with Gasteiger partial charge in [0, 0.05) is 26.2 Å². The second kappa shape index (κ2) is 3.90. The van der Waals surface area contributed by atoms with Gasteiger partial charge in [0.2, 0.25) is 0 Å². The number of piperidine rings is 1. The summed E-state index contributed by atoms with van der Waals surface area (Å²) in [4.78, 5) is 0. The minimum atomic E-state index is -0.624. The van der Waals surface area contributed by atoms with Crippen LogP contribution in [-0.2, 0) is 13.5 Å². The highest BCUT2D eigenvalue weighted by Gasteiger charge is 2.36. The van der Waals surface area contributed by atoms with Gasteiger partial charge in [-0.25, -0.2) is 0 Å². The Morgan fingerprint density at radius 1 is 1.73 bits per heavy atom. The van der Waals surface area contributed by atoms with Gasteiger partial charge in [-0.15, -0.1) is 5.10 Å². The third-order valence-electron chi connectivity index (χ3n) is 3.24. The van der Waals surface area contributed by atoms with Gasteiger partial charge in [0.05, 0.1) is 11.3 Å². The van der Waals surface area contributed by atoms with E-state index in [4.69, 9.17) is 0 Å². The Balaban J connectivity index is 2.08. The summed E-state index contributed by atoms with van der Waals surface area (Å²) >= 11 is 0. The van der Waals surface area contributed by atoms with Crippen LogP contribution < -0.4 is 5.32 Å². The highest BCUT2D eigenvalue weighted by Crippen LogP contribution is 2.27. The Labute approximate surface area is 89.5 Å². The molecule has 0 aliphatic carbocycles. The zero-order valence-electron chi connectivity index (χ0n) is 9.27. The standard InChI is InChI=1S/C10H18N4O/c1-8-6-11-4-3-10(8,15)5-9-7-14(2)13-12-9/h7-8,11,15H,3-6H2,1-2H3. The summed E-state index contributed by atoms with van der Waals surface area (Å²) in [6.45, 7) is 3.82. The van der Waals surface area contributed by atoms with Gasteiger partial charge in [0.1, 0.15) is 0 Å². The van der Waals surface area contributed by atoms with Gasteiger partial charge >= 0.3 is 0 Å². The molecule has 0 aromatic carbocycles. The van der Waals surface area contributed by atoms with Crippen LogP contribution in [0.15, 0.2) is 6.20 Å². The quantitative estimate of drug-likeness (QED) is 0.704. The first kappa shape index (κ1) is 10.6. The molecule has 15 heavy (non-hydrogen) atoms. The van der Waals surface area contributed by atoms with E-state index >= 15 is 0 Å². The zero-order valence-corrected chi connectivity index (χ0v) is 9.27. The minimum Gasteiger partial charge on any atom is -0.389 e. The molecule has 0 spiro atoms. The number of nitrogens with zero attached hydrogens (tertiary/aromatic N) is 3. The topological polar surface area (TPSA) is 63.0 Å². The lowest BCUT2D eigenvalue weighted by Gasteiger charge is -2.38. The zero-order chi connectivity index (χ0) is 10.9. The average molecular weight is 210 g/mol. The average Bonchev–Trinajstić information content (AvgIpc) is 2.57. The number of rotatable bonds is 2. The Morgan fingerprint density at radius 3 is 3.13 bits per heavy atom. The first-order chi connectivity index (χ1) is 7.10. The van der Waals surface area contributed by atoms with Crippen LogP contribution in [0, 0.1) is 5.92 Å². The molecule has 1 aromatic heterocycles. The van der Waals surface area contributed by atoms with Gasteiger partial charge in [0.15, 0.2) is 0 Å². The lowest BCUT2D eigenvalue weighted by atomic mass is 9.80. The van der Waals surface area contributed by atoms with Crippen LogP contribution >= 0.6 is 0 Å². The molecule has 2 unspecified atom stereocenters. The van der Waals surface area contributed by atoms with Gasteiger partial charge in [-0.3, -0.25) is 4.68 Å². The molecular formula is C10H18N4O. The first-order valence-corrected chi connectivity index (χ1v) is 5.38. The molecule has 1 saturated heterocycles. The van der Waals surface area contributed by atoms with E-state index in [2.05, 4.69) is 22.6 Å². The van der Waals surface area contributed by atoms with Crippen molar-refractivity contribution in [2.75, 3.05) is 13.1 Å². The van der Waals surface area contributed by atoms with Crippen molar-refractivity contribution in [3.05, 3.63) is 11.9 Å². The van der Waals surface area contributed by atoms with Gasteiger partial charge in [-0.1, -0.05) is 12.1 Å². The minimum absolute atomic E-state index is 0.258. The number of hydrogen-bond donors (Lipinski definition) is 2. The second-order valence-electron chi connectivity index (χ2n) is 4.52. The largest absolute Gasteiger partial charge is 0.389 e. The van der Waals surface area contributed by atoms with E-state index < -0.39 is 5.60 Å². The summed E-state index contributed by atoms with van der Waals surface area (Å²) < 4.78 is 1.67. The van der Waals surface area contributed by atoms with Crippen molar-refractivity contribution < 1.29 is 5.11 Å². The Hall–Kier alpha value is -0.940. The maximum Gasteiger partial charge on any atom is 0.0855 e. The predicted molar refractivity (Wildman–Crippen MR) is 56.3 cm³/mol. The summed E-state index contributed by atoms with van der Waals surface area (Å²) in [5.41, 5.74) is 0.245. The molecule has 84 valence electrons. The molecule has 2 heterocycles. The maximum absolute atomic E-state index is 10.5. The Morgan fingerprint density at radius 2 is 2.53 bits per heavy atom. The molecule has 2 N–H and O–H groups in total. The van der Waals surface area contributed by atoms with Gasteiger partial charge in [-0.05, 0) is 18.9 Å². The van der Waals surface area contributed by atoms with Crippen molar-refractivity contribution in [3.63, 3.8) is 0 Å². The molecule has 5 nitrogen and oxygen atoms in total. The van der Waals surface area contributed by atoms with Crippen LogP contribution in [0.2, 0.25) is 0 Å². The van der Waals surface area contributed by atoms with E-state index in [0.29, 0.717) is 6.42 Å². The number of aliphatic hydroxyl groups is 1. The molecule has 5 heteroatoms. The summed E-state index contributed by atoms with van der Waals surface area (Å²) in [6, 6.07) is 0. The second-order valence-corrected chi connectivity index (χ2v) is 4.52. The van der Waals surface area contributed by atoms with Gasteiger partial charge in [0.25, 0.3) is 0 Å². The fourth-order valence-corrected chi connectivity index (χ4v) is 2.11. The molecule has 0 saturated carbocycles. The smallest absolute Gasteiger partial charge is 0.0855 e. The van der Waals surface area contributed by atoms with Gasteiger partial charge in [-0.2, -0.15) is 0 Å². The molecular weight excluding hydrogens is 192 g/mol. The molecule has 0 amide bonds. The molecule has 0 bridgehead atoms. The van der Waals surface area contributed by atoms with Crippen molar-refractivity contribution in [2.24, 2.45) is 13.0 Å². The molecule has 0 radical (unpaired) electrons. The van der Waals surface area contributed by atoms with E-state index in [1.54, 1.807) is 4.68 Å². The summed E-state index contributed by atoms with van der Waals surface area (Å²) in [5.74, 6) is 0.258. The fourth-order valence-electron chi connectivity index (χ4n) is 2.11. The van der Waals surface area contributed by atoms with Gasteiger partial charge < -0.3 is 10.4 Å². The lowest BCUT2D eigenvalue weighted by Crippen LogP contribution is -2.50. The number of hydrogen-bond acceptors (Lipinski definition) is 4. The van der Waals surface area contributed by atoms with E-state index in [9.17, 15) is 5.11 Å². The Bertz CT molecular complexity index is 338. The molecule has 1 aromatic rings. The number of aromatic nitrogens is 3. The van der Waals surface area contributed by atoms with Crippen LogP contribution in [0.1, 0.15) is 19.0 Å². The maximum atomic E-state index is 10.5. The number of aryl methyl sites for hydroxylation is 1. The van der Waals surface area contributed by atoms with Crippen LogP contribution in [0.5, 0.6) is 0 Å². The van der Waals surface area contributed by atoms with Crippen molar-refractivity contribution >= 4 is 0 Å². The Kier molecular flexibility index (Phi) is 2.75. The lowest BCUT2D eigenvalue weighted by molar-refractivity contribution is -0.0337. The molecule has 2 rings (SSSR count). The van der Waals surface area contributed by atoms with E-state index in [-0.39, 0.29) is 5.92 Å². The van der Waals surface area contributed by atoms with Crippen LogP contribution in [0.3, 0.4) is 0 Å². The van der Waals surface area contributed by atoms with E-state index in [0.717, 1.165) is 25.2 Å². The molecule has 1 aliphatic heterocycles. The molecule has 1 aliphatic rings. The molecule has 2 atom stereocenters. The monoisotopic (exact) mass is 210 g/mol. The van der Waals surface area contributed by atoms with Crippen molar-refractivity contribution in [1.29, 1.82) is 0 Å². The summed E-state index contributed by atoms with van der Waals surface area (Å²) in [5, 5.41) is 21.7. The van der Waals surface area contributed by atoms with Crippen LogP contribution in [0.25, 0.3) is 0 Å². The van der Waals surface area contributed by atoms with Crippen molar-refractivity contribution in [3.8, 4) is 0 Å². The van der Waals surface area contributed by atoms with Crippen molar-refractivity contribution in [1.82, 2.24) is 20.3 Å². The third-order valence-corrected chi connectivity index (χ3v) is 3.24. The first-order valence-electron chi connectivity index (χ1n) is 5.38. The number of nitrogens with one attached hydrogen (secondary N) is 1. The van der Waals surface area contributed by atoms with Crippen molar-refractivity contribution in [2.45, 2.75) is 25.4 Å². The SMILES string of the molecule is CC1CNCCC1(O)Cc1cn(C)nn1. The van der Waals surface area contributed by atoms with E-state index in [1.807, 2.05) is 13.2 Å². The van der Waals surface area contributed by atoms with Crippen LogP contribution in [0.4, 0.5) is 0 Å². The summed E-state index contributed by atoms with van der Waals surface area (Å²) in [7, 11) is 1.84. The van der Waals surface area contributed by atoms with E-state index in [1.165, 1.54) is 0 Å². The summed E-state index contributed by atoms with van der Waals surface area (Å²) in [6.07, 6.45) is 3.25. The third kappa shape index (κ3) is 2.18. The fraction of sp³-hybridized carbons (Fsp3) is 0.800. The molecule has 1 fully saturated rings.